The lowest BCUT2D eigenvalue weighted by molar-refractivity contribution is -0.115. The van der Waals surface area contributed by atoms with Gasteiger partial charge in [0, 0.05) is 6.42 Å². The molecule has 3 fully saturated rings. The maximum atomic E-state index is 7.82. The van der Waals surface area contributed by atoms with Crippen LogP contribution in [0.5, 0.6) is 0 Å². The van der Waals surface area contributed by atoms with Gasteiger partial charge in [-0.3, -0.25) is 0 Å². The summed E-state index contributed by atoms with van der Waals surface area (Å²) in [5, 5.41) is 7.82. The van der Waals surface area contributed by atoms with Crippen molar-refractivity contribution in [3.63, 3.8) is 0 Å². The first-order chi connectivity index (χ1) is 16.0. The first-order valence-electron chi connectivity index (χ1n) is 15.1. The second-order valence-corrected chi connectivity index (χ2v) is 14.2. The Morgan fingerprint density at radius 2 is 1.71 bits per heavy atom. The molecule has 4 rings (SSSR count). The molecule has 0 radical (unpaired) electrons. The molecule has 8 unspecified atom stereocenters. The van der Waals surface area contributed by atoms with Crippen molar-refractivity contribution in [2.24, 2.45) is 51.8 Å². The Bertz CT molecular complexity index is 742. The fraction of sp³-hybridized carbons (Fsp3) is 0.912. The minimum Gasteiger partial charge on any atom is -0.198 e. The van der Waals surface area contributed by atoms with Gasteiger partial charge in [0.05, 0.1) is 6.07 Å². The van der Waals surface area contributed by atoms with Crippen LogP contribution >= 0.6 is 0 Å². The van der Waals surface area contributed by atoms with Gasteiger partial charge in [-0.25, -0.2) is 0 Å². The number of nitriles is 1. The van der Waals surface area contributed by atoms with Crippen LogP contribution in [0.3, 0.4) is 0 Å². The molecule has 0 bridgehead atoms. The minimum absolute atomic E-state index is 0. The third kappa shape index (κ3) is 5.73. The van der Waals surface area contributed by atoms with Crippen molar-refractivity contribution in [3.05, 3.63) is 11.6 Å². The summed E-state index contributed by atoms with van der Waals surface area (Å²) < 4.78 is 0. The summed E-state index contributed by atoms with van der Waals surface area (Å²) in [6.45, 7) is 20.0. The van der Waals surface area contributed by atoms with Crippen LogP contribution in [0, 0.1) is 63.1 Å². The Hall–Kier alpha value is -0.770. The van der Waals surface area contributed by atoms with E-state index >= 15 is 0 Å². The smallest absolute Gasteiger partial charge is 0.0621 e. The molecule has 0 spiro atoms. The monoisotopic (exact) mass is 483 g/mol. The van der Waals surface area contributed by atoms with Gasteiger partial charge in [0.15, 0.2) is 0 Å². The van der Waals surface area contributed by atoms with E-state index in [9.17, 15) is 0 Å². The molecule has 0 heterocycles. The highest BCUT2D eigenvalue weighted by Crippen LogP contribution is 2.72. The number of hydrogen-bond donors (Lipinski definition) is 0. The third-order valence-corrected chi connectivity index (χ3v) is 11.8. The lowest BCUT2D eigenvalue weighted by atomic mass is 9.40. The van der Waals surface area contributed by atoms with E-state index in [1.54, 1.807) is 0 Å². The summed E-state index contributed by atoms with van der Waals surface area (Å²) in [5.41, 5.74) is 3.52. The predicted molar refractivity (Wildman–Crippen MR) is 154 cm³/mol. The number of unbranched alkanes of at least 4 members (excludes halogenated alkanes) is 1. The van der Waals surface area contributed by atoms with E-state index in [4.69, 9.17) is 5.26 Å². The molecule has 0 saturated heterocycles. The van der Waals surface area contributed by atoms with Gasteiger partial charge in [-0.1, -0.05) is 93.7 Å². The highest BCUT2D eigenvalue weighted by molar-refractivity contribution is 5.28. The summed E-state index contributed by atoms with van der Waals surface area (Å²) in [7, 11) is 0. The molecule has 0 aromatic carbocycles. The lowest BCUT2D eigenvalue weighted by Crippen LogP contribution is -2.56. The van der Waals surface area contributed by atoms with Crippen LogP contribution in [0.1, 0.15) is 146 Å². The van der Waals surface area contributed by atoms with E-state index in [0.717, 1.165) is 41.9 Å². The van der Waals surface area contributed by atoms with Gasteiger partial charge >= 0.3 is 0 Å². The number of rotatable bonds is 6. The van der Waals surface area contributed by atoms with E-state index in [1.807, 2.05) is 18.6 Å². The van der Waals surface area contributed by atoms with Crippen molar-refractivity contribution in [2.45, 2.75) is 146 Å². The topological polar surface area (TPSA) is 23.8 Å². The summed E-state index contributed by atoms with van der Waals surface area (Å²) in [6, 6.07) is 2.02. The number of hydrogen-bond acceptors (Lipinski definition) is 1. The molecule has 202 valence electrons. The van der Waals surface area contributed by atoms with Crippen LogP contribution in [0.4, 0.5) is 0 Å². The van der Waals surface area contributed by atoms with Crippen molar-refractivity contribution >= 4 is 0 Å². The molecule has 0 aromatic rings. The van der Waals surface area contributed by atoms with Crippen LogP contribution in [-0.2, 0) is 0 Å². The van der Waals surface area contributed by atoms with E-state index < -0.39 is 0 Å². The molecule has 1 heteroatoms. The molecule has 1 nitrogen and oxygen atoms in total. The molecule has 0 aromatic heterocycles. The van der Waals surface area contributed by atoms with Gasteiger partial charge < -0.3 is 0 Å². The van der Waals surface area contributed by atoms with Crippen molar-refractivity contribution < 1.29 is 0 Å². The summed E-state index contributed by atoms with van der Waals surface area (Å²) in [4.78, 5) is 0. The quantitative estimate of drug-likeness (QED) is 0.344. The molecule has 35 heavy (non-hydrogen) atoms. The summed E-state index contributed by atoms with van der Waals surface area (Å²) in [5.74, 6) is 5.60. The largest absolute Gasteiger partial charge is 0.198 e. The fourth-order valence-electron chi connectivity index (χ4n) is 9.32. The Labute approximate surface area is 220 Å². The van der Waals surface area contributed by atoms with Crippen LogP contribution in [-0.4, -0.2) is 0 Å². The van der Waals surface area contributed by atoms with Gasteiger partial charge in [0.1, 0.15) is 0 Å². The maximum absolute atomic E-state index is 7.82. The van der Waals surface area contributed by atoms with E-state index in [-0.39, 0.29) is 7.43 Å². The van der Waals surface area contributed by atoms with Crippen molar-refractivity contribution in [3.8, 4) is 6.07 Å². The van der Waals surface area contributed by atoms with Crippen LogP contribution in [0.15, 0.2) is 11.6 Å². The average molecular weight is 484 g/mol. The standard InChI is InChI=1S/C29H50.C4H7N.CH4/c1-20(2)9-8-10-22(4)24-13-14-25-26-12-11-23-19-21(3)15-16-28(23,6)29(26,7)18-17-27(24,25)5;1-2-3-4-5;/h11,20-22,24-26H,8-10,12-19H2,1-7H3;2-3H2,1H3;1H4. The molecule has 3 saturated carbocycles. The van der Waals surface area contributed by atoms with Crippen molar-refractivity contribution in [1.82, 2.24) is 0 Å². The number of fused-ring (bicyclic) bond motifs is 5. The molecular weight excluding hydrogens is 422 g/mol. The van der Waals surface area contributed by atoms with E-state index in [2.05, 4.69) is 54.5 Å². The van der Waals surface area contributed by atoms with Crippen LogP contribution in [0.25, 0.3) is 0 Å². The fourth-order valence-corrected chi connectivity index (χ4v) is 9.32. The molecule has 4 aliphatic carbocycles. The normalized spacial score (nSPS) is 40.6. The zero-order valence-electron chi connectivity index (χ0n) is 24.2. The summed E-state index contributed by atoms with van der Waals surface area (Å²) >= 11 is 0. The van der Waals surface area contributed by atoms with Gasteiger partial charge in [0.25, 0.3) is 0 Å². The van der Waals surface area contributed by atoms with Gasteiger partial charge in [-0.15, -0.1) is 0 Å². The number of allylic oxidation sites excluding steroid dienone is 2. The Kier molecular flexibility index (Phi) is 10.6. The minimum atomic E-state index is 0. The van der Waals surface area contributed by atoms with Gasteiger partial charge in [-0.05, 0) is 110 Å². The maximum Gasteiger partial charge on any atom is 0.0621 e. The first-order valence-corrected chi connectivity index (χ1v) is 15.1. The molecule has 4 aliphatic rings. The zero-order chi connectivity index (χ0) is 25.1. The predicted octanol–water partition coefficient (Wildman–Crippen LogP) is 11.0. The molecule has 0 amide bonds. The van der Waals surface area contributed by atoms with E-state index in [1.165, 1.54) is 70.6 Å². The van der Waals surface area contributed by atoms with Gasteiger partial charge in [-0.2, -0.15) is 5.26 Å². The lowest BCUT2D eigenvalue weighted by Gasteiger charge is -2.64. The Morgan fingerprint density at radius 3 is 2.31 bits per heavy atom. The molecular formula is C34H61N. The highest BCUT2D eigenvalue weighted by atomic mass is 14.7. The average Bonchev–Trinajstić information content (AvgIpc) is 3.13. The molecule has 8 atom stereocenters. The third-order valence-electron chi connectivity index (χ3n) is 11.8. The Morgan fingerprint density at radius 1 is 1.00 bits per heavy atom. The van der Waals surface area contributed by atoms with Gasteiger partial charge in [0.2, 0.25) is 0 Å². The molecule has 0 aliphatic heterocycles. The molecule has 0 N–H and O–H groups in total. The first kappa shape index (κ1) is 30.5. The summed E-state index contributed by atoms with van der Waals surface area (Å²) in [6.07, 6.45) is 20.5. The Balaban J connectivity index is 0.000000656. The van der Waals surface area contributed by atoms with Crippen LogP contribution in [0.2, 0.25) is 0 Å². The van der Waals surface area contributed by atoms with E-state index in [0.29, 0.717) is 22.7 Å². The van der Waals surface area contributed by atoms with Crippen molar-refractivity contribution in [2.75, 3.05) is 0 Å². The SMILES string of the molecule is C.CC(C)CCCC(C)C1CCC2C3CC=C4CC(C)CCC4(C)C3(C)CCC12C.CCCC#N. The highest BCUT2D eigenvalue weighted by Gasteiger charge is 2.63. The second-order valence-electron chi connectivity index (χ2n) is 14.2. The van der Waals surface area contributed by atoms with Crippen molar-refractivity contribution in [1.29, 1.82) is 5.26 Å². The zero-order valence-corrected chi connectivity index (χ0v) is 24.2. The second kappa shape index (κ2) is 12.2. The number of nitrogens with zero attached hydrogens (tertiary/aromatic N) is 1. The van der Waals surface area contributed by atoms with Crippen LogP contribution < -0.4 is 0 Å².